The predicted octanol–water partition coefficient (Wildman–Crippen LogP) is 11.3. The first-order valence-electron chi connectivity index (χ1n) is 15.8. The maximum absolute atomic E-state index is 8.84. The molecule has 0 unspecified atom stereocenters. The number of furan rings is 1. The van der Waals surface area contributed by atoms with Gasteiger partial charge in [0.15, 0.2) is 0 Å². The maximum Gasteiger partial charge on any atom is 0.136 e. The lowest BCUT2D eigenvalue weighted by atomic mass is 9.96. The third-order valence-electron chi connectivity index (χ3n) is 8.47. The van der Waals surface area contributed by atoms with Crippen molar-refractivity contribution in [3.63, 3.8) is 0 Å². The van der Waals surface area contributed by atoms with Gasteiger partial charge in [-0.05, 0) is 70.3 Å². The van der Waals surface area contributed by atoms with Crippen LogP contribution in [0.15, 0.2) is 174 Å². The van der Waals surface area contributed by atoms with E-state index in [1.165, 1.54) is 11.1 Å². The Kier molecular flexibility index (Phi) is 8.54. The quantitative estimate of drug-likeness (QED) is 0.143. The first-order chi connectivity index (χ1) is 23.6. The number of nitrogens with one attached hydrogen (secondary N) is 1. The molecule has 0 fully saturated rings. The van der Waals surface area contributed by atoms with Crippen LogP contribution < -0.4 is 10.5 Å². The normalized spacial score (nSPS) is 10.8. The minimum Gasteiger partial charge on any atom is -0.496 e. The lowest BCUT2D eigenvalue weighted by Crippen LogP contribution is -2.01. The summed E-state index contributed by atoms with van der Waals surface area (Å²) in [5.74, 6) is 0.877. The van der Waals surface area contributed by atoms with Crippen LogP contribution in [0, 0.1) is 5.41 Å². The van der Waals surface area contributed by atoms with Gasteiger partial charge in [0.25, 0.3) is 0 Å². The van der Waals surface area contributed by atoms with Gasteiger partial charge in [-0.3, -0.25) is 5.41 Å². The lowest BCUT2D eigenvalue weighted by molar-refractivity contribution is 0.416. The number of methoxy groups -OCH3 is 1. The van der Waals surface area contributed by atoms with Gasteiger partial charge in [-0.25, -0.2) is 0 Å². The van der Waals surface area contributed by atoms with Crippen LogP contribution in [0.2, 0.25) is 0 Å². The third kappa shape index (κ3) is 6.33. The summed E-state index contributed by atoms with van der Waals surface area (Å²) < 4.78 is 11.3. The molecule has 48 heavy (non-hydrogen) atoms. The zero-order valence-electron chi connectivity index (χ0n) is 26.6. The number of anilines is 1. The summed E-state index contributed by atoms with van der Waals surface area (Å²) in [5.41, 5.74) is 17.2. The highest BCUT2D eigenvalue weighted by Crippen LogP contribution is 2.31. The van der Waals surface area contributed by atoms with Crippen molar-refractivity contribution in [1.82, 2.24) is 0 Å². The third-order valence-corrected chi connectivity index (χ3v) is 8.47. The summed E-state index contributed by atoms with van der Waals surface area (Å²) in [7, 11) is 1.68. The Morgan fingerprint density at radius 1 is 0.500 bits per heavy atom. The SMILES string of the molecule is COc1ccccc1-c1ccc(N)cc1.N=C(c1cccc(-c2ccc(-c3ccccc3)cc2)c1)c1ccc2c(c1)oc1ccccc12. The van der Waals surface area contributed by atoms with Crippen molar-refractivity contribution >= 4 is 33.3 Å². The molecule has 4 nitrogen and oxygen atoms in total. The minimum absolute atomic E-state index is 0.486. The first-order valence-corrected chi connectivity index (χ1v) is 15.8. The molecular formula is C44H34N2O2. The number of benzene rings is 7. The van der Waals surface area contributed by atoms with Crippen LogP contribution in [0.1, 0.15) is 11.1 Å². The highest BCUT2D eigenvalue weighted by molar-refractivity contribution is 6.14. The van der Waals surface area contributed by atoms with Crippen molar-refractivity contribution in [2.24, 2.45) is 0 Å². The summed E-state index contributed by atoms with van der Waals surface area (Å²) in [4.78, 5) is 0. The summed E-state index contributed by atoms with van der Waals surface area (Å²) in [5, 5.41) is 11.0. The van der Waals surface area contributed by atoms with Crippen molar-refractivity contribution < 1.29 is 9.15 Å². The van der Waals surface area contributed by atoms with Crippen LogP contribution >= 0.6 is 0 Å². The summed E-state index contributed by atoms with van der Waals surface area (Å²) in [6.45, 7) is 0. The van der Waals surface area contributed by atoms with Crippen molar-refractivity contribution in [3.05, 3.63) is 181 Å². The average molecular weight is 623 g/mol. The number of para-hydroxylation sites is 2. The Bertz CT molecular complexity index is 2340. The average Bonchev–Trinajstić information content (AvgIpc) is 3.53. The largest absolute Gasteiger partial charge is 0.496 e. The fraction of sp³-hybridized carbons (Fsp3) is 0.0227. The Morgan fingerprint density at radius 2 is 1.08 bits per heavy atom. The molecule has 8 rings (SSSR count). The summed E-state index contributed by atoms with van der Waals surface area (Å²) in [6, 6.07) is 56.9. The molecule has 8 aromatic rings. The Hall–Kier alpha value is -6.39. The molecule has 0 saturated heterocycles. The molecule has 0 aliphatic carbocycles. The first kappa shape index (κ1) is 30.3. The van der Waals surface area contributed by atoms with E-state index in [1.54, 1.807) is 7.11 Å². The van der Waals surface area contributed by atoms with Gasteiger partial charge in [0.1, 0.15) is 16.9 Å². The van der Waals surface area contributed by atoms with E-state index in [0.29, 0.717) is 5.71 Å². The van der Waals surface area contributed by atoms with Crippen molar-refractivity contribution in [1.29, 1.82) is 5.41 Å². The molecule has 1 aromatic heterocycles. The Balaban J connectivity index is 0.000000204. The molecule has 1 heterocycles. The molecule has 7 aromatic carbocycles. The molecular weight excluding hydrogens is 588 g/mol. The fourth-order valence-corrected chi connectivity index (χ4v) is 5.93. The number of ether oxygens (including phenoxy) is 1. The van der Waals surface area contributed by atoms with Crippen LogP contribution in [-0.4, -0.2) is 12.8 Å². The molecule has 0 aliphatic heterocycles. The van der Waals surface area contributed by atoms with Crippen LogP contribution in [0.5, 0.6) is 5.75 Å². The molecule has 0 saturated carbocycles. The zero-order valence-corrected chi connectivity index (χ0v) is 26.6. The van der Waals surface area contributed by atoms with Gasteiger partial charge in [0.2, 0.25) is 0 Å². The van der Waals surface area contributed by atoms with Crippen LogP contribution in [0.25, 0.3) is 55.3 Å². The van der Waals surface area contributed by atoms with E-state index in [-0.39, 0.29) is 0 Å². The monoisotopic (exact) mass is 622 g/mol. The molecule has 0 aliphatic rings. The minimum atomic E-state index is 0.486. The maximum atomic E-state index is 8.84. The van der Waals surface area contributed by atoms with E-state index in [4.69, 9.17) is 20.3 Å². The van der Waals surface area contributed by atoms with Crippen LogP contribution in [-0.2, 0) is 0 Å². The highest BCUT2D eigenvalue weighted by Gasteiger charge is 2.12. The number of fused-ring (bicyclic) bond motifs is 3. The molecule has 0 amide bonds. The molecule has 232 valence electrons. The molecule has 0 radical (unpaired) electrons. The Labute approximate surface area is 280 Å². The van der Waals surface area contributed by atoms with Gasteiger partial charge in [-0.15, -0.1) is 0 Å². The lowest BCUT2D eigenvalue weighted by Gasteiger charge is -2.09. The number of nitrogens with two attached hydrogens (primary N) is 1. The van der Waals surface area contributed by atoms with E-state index < -0.39 is 0 Å². The summed E-state index contributed by atoms with van der Waals surface area (Å²) in [6.07, 6.45) is 0. The van der Waals surface area contributed by atoms with E-state index in [0.717, 1.165) is 66.8 Å². The fourth-order valence-electron chi connectivity index (χ4n) is 5.93. The van der Waals surface area contributed by atoms with Gasteiger partial charge >= 0.3 is 0 Å². The van der Waals surface area contributed by atoms with E-state index in [9.17, 15) is 0 Å². The van der Waals surface area contributed by atoms with E-state index >= 15 is 0 Å². The number of hydrogen-bond acceptors (Lipinski definition) is 4. The topological polar surface area (TPSA) is 72.2 Å². The number of rotatable bonds is 6. The van der Waals surface area contributed by atoms with Crippen molar-refractivity contribution in [3.8, 4) is 39.1 Å². The van der Waals surface area contributed by atoms with Gasteiger partial charge in [-0.2, -0.15) is 0 Å². The smallest absolute Gasteiger partial charge is 0.136 e. The zero-order chi connectivity index (χ0) is 32.9. The van der Waals surface area contributed by atoms with Crippen LogP contribution in [0.3, 0.4) is 0 Å². The molecule has 3 N–H and O–H groups in total. The van der Waals surface area contributed by atoms with Gasteiger partial charge in [0, 0.05) is 33.2 Å². The van der Waals surface area contributed by atoms with E-state index in [2.05, 4.69) is 72.8 Å². The predicted molar refractivity (Wildman–Crippen MR) is 200 cm³/mol. The van der Waals surface area contributed by atoms with Crippen molar-refractivity contribution in [2.75, 3.05) is 12.8 Å². The Morgan fingerprint density at radius 3 is 1.85 bits per heavy atom. The van der Waals surface area contributed by atoms with Gasteiger partial charge in [-0.1, -0.05) is 127 Å². The number of hydrogen-bond donors (Lipinski definition) is 2. The van der Waals surface area contributed by atoms with E-state index in [1.807, 2.05) is 97.1 Å². The second-order valence-electron chi connectivity index (χ2n) is 11.5. The van der Waals surface area contributed by atoms with Gasteiger partial charge in [0.05, 0.1) is 12.8 Å². The number of nitrogen functional groups attached to an aromatic ring is 1. The van der Waals surface area contributed by atoms with Gasteiger partial charge < -0.3 is 14.9 Å². The van der Waals surface area contributed by atoms with Crippen molar-refractivity contribution in [2.45, 2.75) is 0 Å². The summed E-state index contributed by atoms with van der Waals surface area (Å²) >= 11 is 0. The second kappa shape index (κ2) is 13.5. The standard InChI is InChI=1S/C31H21NO.C13H13NO/c32-31(26-17-18-28-27-11-4-5-12-29(27)33-30(28)20-26)25-10-6-9-24(19-25)23-15-13-22(14-16-23)21-7-2-1-3-8-21;1-15-13-5-3-2-4-12(13)10-6-8-11(14)9-7-10/h1-20,32H;2-9H,14H2,1H3. The highest BCUT2D eigenvalue weighted by atomic mass is 16.5. The molecule has 0 spiro atoms. The molecule has 0 bridgehead atoms. The molecule has 0 atom stereocenters. The molecule has 4 heteroatoms. The second-order valence-corrected chi connectivity index (χ2v) is 11.5. The van der Waals surface area contributed by atoms with Crippen LogP contribution in [0.4, 0.5) is 5.69 Å².